The van der Waals surface area contributed by atoms with E-state index in [1.807, 2.05) is 55.5 Å². The van der Waals surface area contributed by atoms with Gasteiger partial charge in [-0.1, -0.05) is 36.0 Å². The molecule has 1 amide bonds. The molecule has 1 aromatic heterocycles. The number of nitriles is 1. The number of halogens is 1. The Labute approximate surface area is 207 Å². The fourth-order valence-electron chi connectivity index (χ4n) is 3.66. The second-order valence-electron chi connectivity index (χ2n) is 7.58. The van der Waals surface area contributed by atoms with Crippen LogP contribution in [0.1, 0.15) is 13.3 Å². The van der Waals surface area contributed by atoms with Crippen LogP contribution in [0, 0.1) is 17.1 Å². The first-order valence-corrected chi connectivity index (χ1v) is 12.1. The number of nitrogens with zero attached hydrogens (tertiary/aromatic N) is 4. The van der Waals surface area contributed by atoms with Crippen molar-refractivity contribution in [2.45, 2.75) is 18.4 Å². The van der Waals surface area contributed by atoms with E-state index in [2.05, 4.69) is 16.3 Å². The Bertz CT molecular complexity index is 1350. The number of anilines is 1. The molecule has 176 valence electrons. The van der Waals surface area contributed by atoms with Gasteiger partial charge in [0.05, 0.1) is 24.8 Å². The minimum atomic E-state index is -0.315. The molecule has 0 saturated carbocycles. The van der Waals surface area contributed by atoms with Crippen LogP contribution in [-0.4, -0.2) is 35.0 Å². The summed E-state index contributed by atoms with van der Waals surface area (Å²) in [6, 6.07) is 23.2. The largest absolute Gasteiger partial charge is 0.494 e. The van der Waals surface area contributed by atoms with Gasteiger partial charge in [0.2, 0.25) is 5.91 Å². The molecule has 0 aliphatic carbocycles. The number of hydrogen-bond acceptors (Lipinski definition) is 6. The number of hydrogen-bond donors (Lipinski definition) is 0. The summed E-state index contributed by atoms with van der Waals surface area (Å²) in [5.41, 5.74) is 2.12. The standard InChI is InChI=1S/C27H23FN4O2S/c1-2-34-22-14-12-21(13-15-22)32(17-5-16-29)25(33)18-35-27-24-7-4-3-6-23(24)26(30-31-27)19-8-10-20(28)11-9-19/h3-4,6-15H,2,5,17-18H2,1H3. The molecule has 0 radical (unpaired) electrons. The Morgan fingerprint density at radius 1 is 1.03 bits per heavy atom. The van der Waals surface area contributed by atoms with Gasteiger partial charge in [-0.05, 0) is 55.5 Å². The lowest BCUT2D eigenvalue weighted by Crippen LogP contribution is -2.33. The smallest absolute Gasteiger partial charge is 0.237 e. The molecule has 0 aliphatic rings. The highest BCUT2D eigenvalue weighted by atomic mass is 32.2. The van der Waals surface area contributed by atoms with Crippen LogP contribution in [0.5, 0.6) is 5.75 Å². The molecule has 0 saturated heterocycles. The van der Waals surface area contributed by atoms with E-state index in [0.717, 1.165) is 22.1 Å². The number of benzene rings is 3. The Kier molecular flexibility index (Phi) is 7.91. The molecule has 4 rings (SSSR count). The van der Waals surface area contributed by atoms with E-state index < -0.39 is 0 Å². The van der Waals surface area contributed by atoms with Crippen LogP contribution in [-0.2, 0) is 4.79 Å². The van der Waals surface area contributed by atoms with Crippen LogP contribution in [0.3, 0.4) is 0 Å². The second-order valence-corrected chi connectivity index (χ2v) is 8.54. The average molecular weight is 487 g/mol. The number of rotatable bonds is 9. The zero-order valence-corrected chi connectivity index (χ0v) is 20.0. The van der Waals surface area contributed by atoms with Crippen LogP contribution >= 0.6 is 11.8 Å². The Hall–Kier alpha value is -3.96. The molecule has 0 unspecified atom stereocenters. The van der Waals surface area contributed by atoms with Crippen LogP contribution in [0.25, 0.3) is 22.0 Å². The number of carbonyl (C=O) groups is 1. The molecule has 1 heterocycles. The fourth-order valence-corrected chi connectivity index (χ4v) is 4.51. The van der Waals surface area contributed by atoms with Gasteiger partial charge in [-0.15, -0.1) is 10.2 Å². The summed E-state index contributed by atoms with van der Waals surface area (Å²) in [6.07, 6.45) is 0.221. The molecule has 0 atom stereocenters. The van der Waals surface area contributed by atoms with E-state index >= 15 is 0 Å². The lowest BCUT2D eigenvalue weighted by atomic mass is 10.1. The van der Waals surface area contributed by atoms with Gasteiger partial charge in [0, 0.05) is 28.6 Å². The molecule has 8 heteroatoms. The molecule has 3 aromatic carbocycles. The minimum absolute atomic E-state index is 0.132. The van der Waals surface area contributed by atoms with Crippen molar-refractivity contribution in [2.24, 2.45) is 0 Å². The Morgan fingerprint density at radius 3 is 2.43 bits per heavy atom. The molecule has 0 N–H and O–H groups in total. The molecule has 0 aliphatic heterocycles. The summed E-state index contributed by atoms with van der Waals surface area (Å²) in [5.74, 6) is 0.405. The van der Waals surface area contributed by atoms with E-state index in [4.69, 9.17) is 10.00 Å². The third-order valence-electron chi connectivity index (χ3n) is 5.31. The first-order chi connectivity index (χ1) is 17.1. The van der Waals surface area contributed by atoms with Gasteiger partial charge in [0.1, 0.15) is 22.3 Å². The van der Waals surface area contributed by atoms with Crippen LogP contribution in [0.4, 0.5) is 10.1 Å². The van der Waals surface area contributed by atoms with Crippen molar-refractivity contribution in [2.75, 3.05) is 23.8 Å². The third kappa shape index (κ3) is 5.76. The van der Waals surface area contributed by atoms with E-state index in [-0.39, 0.29) is 23.9 Å². The van der Waals surface area contributed by atoms with E-state index in [9.17, 15) is 9.18 Å². The highest BCUT2D eigenvalue weighted by Gasteiger charge is 2.18. The molecular formula is C27H23FN4O2S. The van der Waals surface area contributed by atoms with Crippen molar-refractivity contribution in [3.05, 3.63) is 78.6 Å². The number of carbonyl (C=O) groups excluding carboxylic acids is 1. The molecule has 0 bridgehead atoms. The van der Waals surface area contributed by atoms with Gasteiger partial charge in [0.25, 0.3) is 0 Å². The number of ether oxygens (including phenoxy) is 1. The van der Waals surface area contributed by atoms with Gasteiger partial charge >= 0.3 is 0 Å². The van der Waals surface area contributed by atoms with Gasteiger partial charge in [-0.25, -0.2) is 4.39 Å². The Morgan fingerprint density at radius 2 is 1.74 bits per heavy atom. The molecule has 6 nitrogen and oxygen atoms in total. The van der Waals surface area contributed by atoms with Crippen molar-refractivity contribution in [3.8, 4) is 23.1 Å². The van der Waals surface area contributed by atoms with Crippen molar-refractivity contribution in [3.63, 3.8) is 0 Å². The summed E-state index contributed by atoms with van der Waals surface area (Å²) in [7, 11) is 0. The highest BCUT2D eigenvalue weighted by molar-refractivity contribution is 8.00. The number of aromatic nitrogens is 2. The summed E-state index contributed by atoms with van der Waals surface area (Å²) in [5, 5.41) is 20.2. The van der Waals surface area contributed by atoms with E-state index in [1.165, 1.54) is 23.9 Å². The summed E-state index contributed by atoms with van der Waals surface area (Å²) in [6.45, 7) is 2.76. The predicted octanol–water partition coefficient (Wildman–Crippen LogP) is 5.87. The number of fused-ring (bicyclic) bond motifs is 1. The molecule has 4 aromatic rings. The lowest BCUT2D eigenvalue weighted by molar-refractivity contribution is -0.116. The maximum Gasteiger partial charge on any atom is 0.237 e. The first-order valence-electron chi connectivity index (χ1n) is 11.1. The van der Waals surface area contributed by atoms with Gasteiger partial charge in [0.15, 0.2) is 0 Å². The molecular weight excluding hydrogens is 463 g/mol. The quantitative estimate of drug-likeness (QED) is 0.275. The Balaban J connectivity index is 1.56. The third-order valence-corrected chi connectivity index (χ3v) is 6.28. The summed E-state index contributed by atoms with van der Waals surface area (Å²) < 4.78 is 18.9. The highest BCUT2D eigenvalue weighted by Crippen LogP contribution is 2.32. The van der Waals surface area contributed by atoms with Gasteiger partial charge < -0.3 is 9.64 Å². The van der Waals surface area contributed by atoms with Gasteiger partial charge in [-0.3, -0.25) is 4.79 Å². The van der Waals surface area contributed by atoms with Crippen LogP contribution < -0.4 is 9.64 Å². The van der Waals surface area contributed by atoms with Crippen LogP contribution in [0.2, 0.25) is 0 Å². The zero-order chi connectivity index (χ0) is 24.6. The predicted molar refractivity (Wildman–Crippen MR) is 136 cm³/mol. The molecule has 0 fully saturated rings. The van der Waals surface area contributed by atoms with E-state index in [1.54, 1.807) is 17.0 Å². The lowest BCUT2D eigenvalue weighted by Gasteiger charge is -2.22. The monoisotopic (exact) mass is 486 g/mol. The van der Waals surface area contributed by atoms with Crippen LogP contribution in [0.15, 0.2) is 77.8 Å². The van der Waals surface area contributed by atoms with Crippen molar-refractivity contribution >= 4 is 34.1 Å². The molecule has 0 spiro atoms. The summed E-state index contributed by atoms with van der Waals surface area (Å²) in [4.78, 5) is 14.8. The normalized spacial score (nSPS) is 10.7. The number of thioether (sulfide) groups is 1. The topological polar surface area (TPSA) is 79.1 Å². The zero-order valence-electron chi connectivity index (χ0n) is 19.1. The van der Waals surface area contributed by atoms with E-state index in [0.29, 0.717) is 29.6 Å². The van der Waals surface area contributed by atoms with Crippen molar-refractivity contribution in [1.82, 2.24) is 10.2 Å². The number of amides is 1. The SMILES string of the molecule is CCOc1ccc(N(CCC#N)C(=O)CSc2nnc(-c3ccc(F)cc3)c3ccccc23)cc1. The van der Waals surface area contributed by atoms with Crippen molar-refractivity contribution < 1.29 is 13.9 Å². The fraction of sp³-hybridized carbons (Fsp3) is 0.185. The minimum Gasteiger partial charge on any atom is -0.494 e. The average Bonchev–Trinajstić information content (AvgIpc) is 2.89. The van der Waals surface area contributed by atoms with Crippen molar-refractivity contribution in [1.29, 1.82) is 5.26 Å². The molecule has 35 heavy (non-hydrogen) atoms. The first kappa shape index (κ1) is 24.2. The second kappa shape index (κ2) is 11.4. The van der Waals surface area contributed by atoms with Gasteiger partial charge in [-0.2, -0.15) is 5.26 Å². The maximum absolute atomic E-state index is 13.4. The summed E-state index contributed by atoms with van der Waals surface area (Å²) >= 11 is 1.30. The maximum atomic E-state index is 13.4.